The van der Waals surface area contributed by atoms with Crippen LogP contribution in [0.25, 0.3) is 5.69 Å². The van der Waals surface area contributed by atoms with Crippen LogP contribution in [0, 0.1) is 12.7 Å². The molecule has 8 heteroatoms. The first kappa shape index (κ1) is 16.4. The Kier molecular flexibility index (Phi) is 4.51. The molecule has 0 radical (unpaired) electrons. The van der Waals surface area contributed by atoms with Crippen LogP contribution in [0.3, 0.4) is 0 Å². The Labute approximate surface area is 147 Å². The third-order valence-corrected chi connectivity index (χ3v) is 3.74. The highest BCUT2D eigenvalue weighted by Gasteiger charge is 2.17. The first-order valence-corrected chi connectivity index (χ1v) is 7.66. The van der Waals surface area contributed by atoms with Gasteiger partial charge in [0.05, 0.1) is 16.4 Å². The van der Waals surface area contributed by atoms with Gasteiger partial charge in [0, 0.05) is 10.7 Å². The van der Waals surface area contributed by atoms with Gasteiger partial charge in [-0.1, -0.05) is 29.3 Å². The van der Waals surface area contributed by atoms with Crippen LogP contribution in [-0.4, -0.2) is 20.9 Å². The second-order valence-electron chi connectivity index (χ2n) is 4.99. The van der Waals surface area contributed by atoms with Crippen molar-refractivity contribution in [2.45, 2.75) is 6.92 Å². The van der Waals surface area contributed by atoms with E-state index in [1.807, 2.05) is 0 Å². The molecule has 2 aromatic carbocycles. The summed E-state index contributed by atoms with van der Waals surface area (Å²) in [6, 6.07) is 10.9. The summed E-state index contributed by atoms with van der Waals surface area (Å²) in [5, 5.41) is 11.5. The van der Waals surface area contributed by atoms with Crippen LogP contribution < -0.4 is 5.32 Å². The molecule has 0 spiro atoms. The number of aromatic nitrogens is 3. The standard InChI is InChI=1S/C16H11Cl2FN4O/c1-9-15(16(24)20-11-5-6-14(19)13(18)8-11)22-23(21-9)12-4-2-3-10(17)7-12/h2-8H,1H3,(H,20,24). The Hall–Kier alpha value is -2.44. The van der Waals surface area contributed by atoms with Crippen LogP contribution in [0.4, 0.5) is 10.1 Å². The maximum absolute atomic E-state index is 13.2. The second kappa shape index (κ2) is 6.59. The van der Waals surface area contributed by atoms with Crippen LogP contribution >= 0.6 is 23.2 Å². The van der Waals surface area contributed by atoms with Crippen LogP contribution in [0.2, 0.25) is 10.0 Å². The number of anilines is 1. The quantitative estimate of drug-likeness (QED) is 0.754. The van der Waals surface area contributed by atoms with Gasteiger partial charge in [-0.05, 0) is 43.3 Å². The molecule has 24 heavy (non-hydrogen) atoms. The predicted octanol–water partition coefficient (Wildman–Crippen LogP) is 4.27. The normalized spacial score (nSPS) is 10.7. The van der Waals surface area contributed by atoms with Crippen LogP contribution in [0.5, 0.6) is 0 Å². The SMILES string of the molecule is Cc1nn(-c2cccc(Cl)c2)nc1C(=O)Nc1ccc(F)c(Cl)c1. The smallest absolute Gasteiger partial charge is 0.278 e. The lowest BCUT2D eigenvalue weighted by atomic mass is 10.3. The molecule has 0 aliphatic carbocycles. The number of halogens is 3. The first-order chi connectivity index (χ1) is 11.4. The van der Waals surface area contributed by atoms with E-state index in [4.69, 9.17) is 23.2 Å². The van der Waals surface area contributed by atoms with Crippen molar-refractivity contribution in [3.05, 3.63) is 69.7 Å². The van der Waals surface area contributed by atoms with Crippen molar-refractivity contribution in [2.75, 3.05) is 5.32 Å². The zero-order chi connectivity index (χ0) is 17.3. The van der Waals surface area contributed by atoms with E-state index in [-0.39, 0.29) is 10.7 Å². The van der Waals surface area contributed by atoms with E-state index < -0.39 is 11.7 Å². The van der Waals surface area contributed by atoms with Crippen molar-refractivity contribution in [2.24, 2.45) is 0 Å². The van der Waals surface area contributed by atoms with Gasteiger partial charge in [0.25, 0.3) is 5.91 Å². The highest BCUT2D eigenvalue weighted by Crippen LogP contribution is 2.20. The molecule has 0 saturated heterocycles. The third kappa shape index (κ3) is 3.39. The number of amides is 1. The molecular formula is C16H11Cl2FN4O. The Balaban J connectivity index is 1.86. The number of benzene rings is 2. The van der Waals surface area contributed by atoms with E-state index in [9.17, 15) is 9.18 Å². The van der Waals surface area contributed by atoms with Crippen LogP contribution in [0.15, 0.2) is 42.5 Å². The number of carbonyl (C=O) groups is 1. The Morgan fingerprint density at radius 2 is 1.96 bits per heavy atom. The molecule has 1 N–H and O–H groups in total. The van der Waals surface area contributed by atoms with Gasteiger partial charge in [0.1, 0.15) is 5.82 Å². The molecule has 1 amide bonds. The molecule has 0 fully saturated rings. The third-order valence-electron chi connectivity index (χ3n) is 3.21. The van der Waals surface area contributed by atoms with Crippen molar-refractivity contribution in [1.29, 1.82) is 0 Å². The van der Waals surface area contributed by atoms with Crippen molar-refractivity contribution < 1.29 is 9.18 Å². The number of hydrogen-bond acceptors (Lipinski definition) is 3. The van der Waals surface area contributed by atoms with Gasteiger partial charge in [-0.15, -0.1) is 5.10 Å². The first-order valence-electron chi connectivity index (χ1n) is 6.90. The number of nitrogens with zero attached hydrogens (tertiary/aromatic N) is 3. The summed E-state index contributed by atoms with van der Waals surface area (Å²) in [5.74, 6) is -1.03. The average molecular weight is 365 g/mol. The highest BCUT2D eigenvalue weighted by atomic mass is 35.5. The fourth-order valence-electron chi connectivity index (χ4n) is 2.07. The molecule has 3 aromatic rings. The van der Waals surface area contributed by atoms with Gasteiger partial charge in [-0.2, -0.15) is 9.90 Å². The minimum Gasteiger partial charge on any atom is -0.320 e. The fraction of sp³-hybridized carbons (Fsp3) is 0.0625. The van der Waals surface area contributed by atoms with E-state index >= 15 is 0 Å². The molecule has 0 unspecified atom stereocenters. The minimum absolute atomic E-state index is 0.0768. The molecule has 3 rings (SSSR count). The van der Waals surface area contributed by atoms with Crippen molar-refractivity contribution in [3.8, 4) is 5.69 Å². The largest absolute Gasteiger partial charge is 0.320 e. The second-order valence-corrected chi connectivity index (χ2v) is 5.83. The van der Waals surface area contributed by atoms with Crippen LogP contribution in [-0.2, 0) is 0 Å². The maximum Gasteiger partial charge on any atom is 0.278 e. The monoisotopic (exact) mass is 364 g/mol. The highest BCUT2D eigenvalue weighted by molar-refractivity contribution is 6.31. The van der Waals surface area contributed by atoms with E-state index in [2.05, 4.69) is 15.5 Å². The lowest BCUT2D eigenvalue weighted by Gasteiger charge is -2.04. The summed E-state index contributed by atoms with van der Waals surface area (Å²) >= 11 is 11.7. The molecule has 0 saturated carbocycles. The molecule has 0 atom stereocenters. The minimum atomic E-state index is -0.558. The number of nitrogens with one attached hydrogen (secondary N) is 1. The molecule has 0 bridgehead atoms. The number of rotatable bonds is 3. The number of hydrogen-bond donors (Lipinski definition) is 1. The summed E-state index contributed by atoms with van der Waals surface area (Å²) in [6.45, 7) is 1.67. The summed E-state index contributed by atoms with van der Waals surface area (Å²) in [4.78, 5) is 13.7. The lowest BCUT2D eigenvalue weighted by Crippen LogP contribution is -2.14. The van der Waals surface area contributed by atoms with E-state index in [1.165, 1.54) is 23.0 Å². The Bertz CT molecular complexity index is 926. The van der Waals surface area contributed by atoms with Gasteiger partial charge >= 0.3 is 0 Å². The summed E-state index contributed by atoms with van der Waals surface area (Å²) in [5.41, 5.74) is 1.59. The maximum atomic E-state index is 13.2. The van der Waals surface area contributed by atoms with Gasteiger partial charge in [0.2, 0.25) is 0 Å². The van der Waals surface area contributed by atoms with Gasteiger partial charge in [-0.3, -0.25) is 4.79 Å². The zero-order valence-corrected chi connectivity index (χ0v) is 13.9. The van der Waals surface area contributed by atoms with Gasteiger partial charge < -0.3 is 5.32 Å². The number of aryl methyl sites for hydroxylation is 1. The zero-order valence-electron chi connectivity index (χ0n) is 12.4. The molecule has 5 nitrogen and oxygen atoms in total. The van der Waals surface area contributed by atoms with E-state index in [0.29, 0.717) is 22.1 Å². The molecular weight excluding hydrogens is 354 g/mol. The predicted molar refractivity (Wildman–Crippen MR) is 90.5 cm³/mol. The topological polar surface area (TPSA) is 59.8 Å². The van der Waals surface area contributed by atoms with Crippen molar-refractivity contribution in [1.82, 2.24) is 15.0 Å². The van der Waals surface area contributed by atoms with Gasteiger partial charge in [0.15, 0.2) is 5.69 Å². The molecule has 0 aliphatic heterocycles. The molecule has 0 aliphatic rings. The lowest BCUT2D eigenvalue weighted by molar-refractivity contribution is 0.102. The molecule has 1 aromatic heterocycles. The summed E-state index contributed by atoms with van der Waals surface area (Å²) in [7, 11) is 0. The fourth-order valence-corrected chi connectivity index (χ4v) is 2.43. The van der Waals surface area contributed by atoms with Crippen molar-refractivity contribution >= 4 is 34.8 Å². The number of carbonyl (C=O) groups excluding carboxylic acids is 1. The van der Waals surface area contributed by atoms with E-state index in [0.717, 1.165) is 0 Å². The summed E-state index contributed by atoms with van der Waals surface area (Å²) < 4.78 is 13.2. The Morgan fingerprint density at radius 3 is 2.67 bits per heavy atom. The average Bonchev–Trinajstić information content (AvgIpc) is 2.93. The van der Waals surface area contributed by atoms with Crippen molar-refractivity contribution in [3.63, 3.8) is 0 Å². The summed E-state index contributed by atoms with van der Waals surface area (Å²) in [6.07, 6.45) is 0. The molecule has 122 valence electrons. The Morgan fingerprint density at radius 1 is 1.17 bits per heavy atom. The van der Waals surface area contributed by atoms with Gasteiger partial charge in [-0.25, -0.2) is 4.39 Å². The van der Waals surface area contributed by atoms with E-state index in [1.54, 1.807) is 31.2 Å². The van der Waals surface area contributed by atoms with Crippen LogP contribution in [0.1, 0.15) is 16.2 Å². The molecule has 1 heterocycles.